The van der Waals surface area contributed by atoms with Gasteiger partial charge in [-0.1, -0.05) is 26.2 Å². The Labute approximate surface area is 120 Å². The molecule has 0 aromatic carbocycles. The Hall–Kier alpha value is -0.230. The van der Waals surface area contributed by atoms with Crippen LogP contribution in [0.2, 0.25) is 0 Å². The van der Waals surface area contributed by atoms with Gasteiger partial charge in [-0.15, -0.1) is 0 Å². The van der Waals surface area contributed by atoms with Crippen LogP contribution in [0.5, 0.6) is 0 Å². The second-order valence-electron chi connectivity index (χ2n) is 5.39. The van der Waals surface area contributed by atoms with Crippen molar-refractivity contribution in [2.24, 2.45) is 5.92 Å². The zero-order valence-corrected chi connectivity index (χ0v) is 13.2. The van der Waals surface area contributed by atoms with Crippen molar-refractivity contribution in [3.8, 4) is 0 Å². The van der Waals surface area contributed by atoms with Crippen LogP contribution in [0, 0.1) is 11.3 Å². The minimum absolute atomic E-state index is 0.173. The molecule has 1 atom stereocenters. The van der Waals surface area contributed by atoms with Gasteiger partial charge in [0.25, 0.3) is 0 Å². The predicted molar refractivity (Wildman–Crippen MR) is 81.6 cm³/mol. The van der Waals surface area contributed by atoms with Crippen molar-refractivity contribution in [1.82, 2.24) is 4.90 Å². The van der Waals surface area contributed by atoms with E-state index in [0.717, 1.165) is 18.6 Å². The summed E-state index contributed by atoms with van der Waals surface area (Å²) in [5.74, 6) is 2.59. The summed E-state index contributed by atoms with van der Waals surface area (Å²) in [7, 11) is -3.09. The highest BCUT2D eigenvalue weighted by Gasteiger charge is 2.36. The minimum Gasteiger partial charge on any atom is -0.342 e. The Morgan fingerprint density at radius 2 is 2.00 bits per heavy atom. The third-order valence-electron chi connectivity index (χ3n) is 4.20. The topological polar surface area (TPSA) is 61.2 Å². The van der Waals surface area contributed by atoms with Gasteiger partial charge in [0.05, 0.1) is 0 Å². The lowest BCUT2D eigenvalue weighted by molar-refractivity contribution is 0.348. The molecule has 1 aliphatic heterocycles. The molecule has 110 valence electrons. The molecular formula is C13H24N2O2S2. The van der Waals surface area contributed by atoms with Crippen LogP contribution in [-0.2, 0) is 9.84 Å². The van der Waals surface area contributed by atoms with Crippen molar-refractivity contribution in [3.05, 3.63) is 0 Å². The minimum atomic E-state index is -3.09. The molecule has 0 spiro atoms. The van der Waals surface area contributed by atoms with Crippen LogP contribution in [-0.4, -0.2) is 48.3 Å². The van der Waals surface area contributed by atoms with Gasteiger partial charge in [0.15, 0.2) is 9.84 Å². The summed E-state index contributed by atoms with van der Waals surface area (Å²) in [5.41, 5.74) is 0. The fraction of sp³-hybridized carbons (Fsp3) is 0.923. The van der Waals surface area contributed by atoms with Crippen molar-refractivity contribution in [1.29, 1.82) is 5.41 Å². The molecule has 0 amide bonds. The second kappa shape index (κ2) is 6.48. The first-order valence-electron chi connectivity index (χ1n) is 7.20. The van der Waals surface area contributed by atoms with Crippen LogP contribution in [0.1, 0.15) is 39.0 Å². The van der Waals surface area contributed by atoms with E-state index in [0.29, 0.717) is 18.1 Å². The molecule has 0 bridgehead atoms. The Balaban J connectivity index is 2.12. The summed E-state index contributed by atoms with van der Waals surface area (Å²) in [6.07, 6.45) is 5.74. The molecule has 1 heterocycles. The maximum atomic E-state index is 12.2. The van der Waals surface area contributed by atoms with Gasteiger partial charge < -0.3 is 4.90 Å². The number of hydrogen-bond acceptors (Lipinski definition) is 4. The molecule has 19 heavy (non-hydrogen) atoms. The summed E-state index contributed by atoms with van der Waals surface area (Å²) in [6.45, 7) is 2.42. The Morgan fingerprint density at radius 3 is 2.63 bits per heavy atom. The number of rotatable bonds is 3. The molecule has 1 unspecified atom stereocenters. The first-order valence-corrected chi connectivity index (χ1v) is 10.1. The van der Waals surface area contributed by atoms with Crippen LogP contribution >= 0.6 is 11.8 Å². The normalized spacial score (nSPS) is 26.4. The van der Waals surface area contributed by atoms with Crippen LogP contribution in [0.15, 0.2) is 0 Å². The quantitative estimate of drug-likeness (QED) is 0.642. The third-order valence-corrected chi connectivity index (χ3v) is 7.49. The van der Waals surface area contributed by atoms with E-state index in [1.807, 2.05) is 4.90 Å². The average Bonchev–Trinajstić information content (AvgIpc) is 2.47. The van der Waals surface area contributed by atoms with E-state index in [1.54, 1.807) is 18.7 Å². The standard InChI is InChI=1S/C13H24N2O2S2/c1-2-19(16,17)12-10-18-9-8-15(12)13(14)11-6-4-3-5-7-11/h11-12,14H,2-10H2,1H3. The van der Waals surface area contributed by atoms with Crippen molar-refractivity contribution >= 4 is 27.4 Å². The highest BCUT2D eigenvalue weighted by molar-refractivity contribution is 8.01. The summed E-state index contributed by atoms with van der Waals surface area (Å²) < 4.78 is 24.4. The lowest BCUT2D eigenvalue weighted by atomic mass is 9.88. The number of sulfone groups is 1. The van der Waals surface area contributed by atoms with Gasteiger partial charge in [-0.3, -0.25) is 5.41 Å². The highest BCUT2D eigenvalue weighted by atomic mass is 32.2. The van der Waals surface area contributed by atoms with Gasteiger partial charge in [0, 0.05) is 29.7 Å². The zero-order chi connectivity index (χ0) is 13.9. The maximum Gasteiger partial charge on any atom is 0.171 e. The van der Waals surface area contributed by atoms with E-state index >= 15 is 0 Å². The summed E-state index contributed by atoms with van der Waals surface area (Å²) in [5, 5.41) is 7.95. The van der Waals surface area contributed by atoms with E-state index in [9.17, 15) is 8.42 Å². The van der Waals surface area contributed by atoms with E-state index in [2.05, 4.69) is 0 Å². The van der Waals surface area contributed by atoms with Gasteiger partial charge in [-0.25, -0.2) is 8.42 Å². The lowest BCUT2D eigenvalue weighted by Crippen LogP contribution is -2.52. The van der Waals surface area contributed by atoms with Crippen LogP contribution < -0.4 is 0 Å². The highest BCUT2D eigenvalue weighted by Crippen LogP contribution is 2.29. The van der Waals surface area contributed by atoms with Gasteiger partial charge >= 0.3 is 0 Å². The molecule has 1 aliphatic carbocycles. The largest absolute Gasteiger partial charge is 0.342 e. The van der Waals surface area contributed by atoms with Crippen LogP contribution in [0.4, 0.5) is 0 Å². The molecule has 2 rings (SSSR count). The average molecular weight is 304 g/mol. The Morgan fingerprint density at radius 1 is 1.32 bits per heavy atom. The van der Waals surface area contributed by atoms with Crippen molar-refractivity contribution in [3.63, 3.8) is 0 Å². The molecule has 6 heteroatoms. The molecule has 1 saturated carbocycles. The third kappa shape index (κ3) is 3.45. The summed E-state index contributed by atoms with van der Waals surface area (Å²) in [4.78, 5) is 1.88. The zero-order valence-electron chi connectivity index (χ0n) is 11.6. The maximum absolute atomic E-state index is 12.2. The molecule has 0 aromatic rings. The lowest BCUT2D eigenvalue weighted by Gasteiger charge is -2.39. The Kier molecular flexibility index (Phi) is 5.17. The van der Waals surface area contributed by atoms with E-state index in [4.69, 9.17) is 5.41 Å². The first kappa shape index (κ1) is 15.2. The SMILES string of the molecule is CCS(=O)(=O)C1CSCCN1C(=N)C1CCCCC1. The molecular weight excluding hydrogens is 280 g/mol. The monoisotopic (exact) mass is 304 g/mol. The number of nitrogens with one attached hydrogen (secondary N) is 1. The van der Waals surface area contributed by atoms with Gasteiger partial charge in [-0.2, -0.15) is 11.8 Å². The first-order chi connectivity index (χ1) is 9.06. The van der Waals surface area contributed by atoms with E-state index in [-0.39, 0.29) is 11.7 Å². The molecule has 4 nitrogen and oxygen atoms in total. The van der Waals surface area contributed by atoms with Crippen LogP contribution in [0.25, 0.3) is 0 Å². The van der Waals surface area contributed by atoms with Gasteiger partial charge in [-0.05, 0) is 12.8 Å². The molecule has 2 aliphatic rings. The number of hydrogen-bond donors (Lipinski definition) is 1. The smallest absolute Gasteiger partial charge is 0.171 e. The van der Waals surface area contributed by atoms with E-state index in [1.165, 1.54) is 19.3 Å². The van der Waals surface area contributed by atoms with Gasteiger partial charge in [0.1, 0.15) is 11.2 Å². The fourth-order valence-corrected chi connectivity index (χ4v) is 5.94. The molecule has 0 aromatic heterocycles. The number of nitrogens with zero attached hydrogens (tertiary/aromatic N) is 1. The van der Waals surface area contributed by atoms with Crippen molar-refractivity contribution in [2.75, 3.05) is 23.8 Å². The number of thioether (sulfide) groups is 1. The van der Waals surface area contributed by atoms with Crippen molar-refractivity contribution in [2.45, 2.75) is 44.4 Å². The summed E-state index contributed by atoms with van der Waals surface area (Å²) in [6, 6.07) is 0. The molecule has 0 radical (unpaired) electrons. The van der Waals surface area contributed by atoms with E-state index < -0.39 is 15.2 Å². The fourth-order valence-electron chi connectivity index (χ4n) is 2.96. The summed E-state index contributed by atoms with van der Waals surface area (Å²) >= 11 is 1.70. The van der Waals surface area contributed by atoms with Crippen LogP contribution in [0.3, 0.4) is 0 Å². The second-order valence-corrected chi connectivity index (χ2v) is 8.99. The predicted octanol–water partition coefficient (Wildman–Crippen LogP) is 2.35. The van der Waals surface area contributed by atoms with Crippen molar-refractivity contribution < 1.29 is 8.42 Å². The Bertz CT molecular complexity index is 416. The molecule has 1 saturated heterocycles. The van der Waals surface area contributed by atoms with Gasteiger partial charge in [0.2, 0.25) is 0 Å². The molecule has 1 N–H and O–H groups in total. The number of amidine groups is 1. The molecule has 2 fully saturated rings.